The second-order valence-electron chi connectivity index (χ2n) is 7.15. The van der Waals surface area contributed by atoms with Gasteiger partial charge in [-0.15, -0.1) is 0 Å². The molecule has 1 fully saturated rings. The fourth-order valence-electron chi connectivity index (χ4n) is 4.03. The third-order valence-electron chi connectivity index (χ3n) is 5.52. The van der Waals surface area contributed by atoms with E-state index in [1.54, 1.807) is 0 Å². The van der Waals surface area contributed by atoms with Crippen molar-refractivity contribution < 1.29 is 14.4 Å². The Morgan fingerprint density at radius 3 is 2.37 bits per heavy atom. The second-order valence-corrected chi connectivity index (χ2v) is 7.15. The average molecular weight is 362 g/mol. The molecule has 1 heterocycles. The maximum absolute atomic E-state index is 12.4. The fraction of sp³-hybridized carbons (Fsp3) is 0.318. The molecule has 2 aromatic carbocycles. The number of carbonyl (C=O) groups excluding carboxylic acids is 3. The molecule has 0 bridgehead atoms. The lowest BCUT2D eigenvalue weighted by Crippen LogP contribution is -2.35. The van der Waals surface area contributed by atoms with Gasteiger partial charge in [-0.25, -0.2) is 0 Å². The first-order valence-corrected chi connectivity index (χ1v) is 9.38. The molecule has 2 atom stereocenters. The Labute approximate surface area is 158 Å². The van der Waals surface area contributed by atoms with Gasteiger partial charge < -0.3 is 5.32 Å². The summed E-state index contributed by atoms with van der Waals surface area (Å²) in [5, 5.41) is 5.15. The molecular weight excluding hydrogens is 340 g/mol. The number of hydrogen-bond donors (Lipinski definition) is 1. The van der Waals surface area contributed by atoms with Crippen molar-refractivity contribution in [1.82, 2.24) is 10.2 Å². The number of nitrogens with one attached hydrogen (secondary N) is 1. The average Bonchev–Trinajstić information content (AvgIpc) is 2.95. The summed E-state index contributed by atoms with van der Waals surface area (Å²) in [6.45, 7) is 0.587. The van der Waals surface area contributed by atoms with Crippen LogP contribution in [0.25, 0.3) is 10.8 Å². The van der Waals surface area contributed by atoms with E-state index in [-0.39, 0.29) is 42.5 Å². The van der Waals surface area contributed by atoms with Crippen molar-refractivity contribution in [3.05, 3.63) is 60.2 Å². The SMILES string of the molecule is O=C(CCN1C(=O)[C@H]2CC=CC[C@H]2C1=O)NCc1cccc2ccccc12. The van der Waals surface area contributed by atoms with Gasteiger partial charge in [-0.2, -0.15) is 0 Å². The van der Waals surface area contributed by atoms with E-state index in [1.165, 1.54) is 4.90 Å². The van der Waals surface area contributed by atoms with Crippen molar-refractivity contribution in [2.75, 3.05) is 6.54 Å². The van der Waals surface area contributed by atoms with Gasteiger partial charge in [-0.1, -0.05) is 54.6 Å². The molecular formula is C22H22N2O3. The van der Waals surface area contributed by atoms with Gasteiger partial charge in [0, 0.05) is 19.5 Å². The van der Waals surface area contributed by atoms with Crippen LogP contribution in [0.4, 0.5) is 0 Å². The van der Waals surface area contributed by atoms with Crippen LogP contribution in [0.2, 0.25) is 0 Å². The summed E-state index contributed by atoms with van der Waals surface area (Å²) in [4.78, 5) is 38.4. The van der Waals surface area contributed by atoms with Gasteiger partial charge in [0.15, 0.2) is 0 Å². The Bertz CT molecular complexity index is 903. The minimum atomic E-state index is -0.235. The Kier molecular flexibility index (Phi) is 4.75. The zero-order valence-corrected chi connectivity index (χ0v) is 15.1. The smallest absolute Gasteiger partial charge is 0.233 e. The van der Waals surface area contributed by atoms with E-state index in [0.29, 0.717) is 19.4 Å². The number of allylic oxidation sites excluding steroid dienone is 2. The van der Waals surface area contributed by atoms with Gasteiger partial charge >= 0.3 is 0 Å². The Hall–Kier alpha value is -2.95. The highest BCUT2D eigenvalue weighted by Crippen LogP contribution is 2.34. The second kappa shape index (κ2) is 7.35. The van der Waals surface area contributed by atoms with Crippen LogP contribution in [0, 0.1) is 11.8 Å². The highest BCUT2D eigenvalue weighted by atomic mass is 16.2. The largest absolute Gasteiger partial charge is 0.352 e. The first-order chi connectivity index (χ1) is 13.1. The number of likely N-dealkylation sites (tertiary alicyclic amines) is 1. The predicted molar refractivity (Wildman–Crippen MR) is 102 cm³/mol. The Balaban J connectivity index is 1.34. The van der Waals surface area contributed by atoms with E-state index < -0.39 is 0 Å². The molecule has 138 valence electrons. The third-order valence-corrected chi connectivity index (χ3v) is 5.52. The number of nitrogens with zero attached hydrogens (tertiary/aromatic N) is 1. The molecule has 1 N–H and O–H groups in total. The maximum Gasteiger partial charge on any atom is 0.233 e. The molecule has 5 heteroatoms. The summed E-state index contributed by atoms with van der Waals surface area (Å²) >= 11 is 0. The first-order valence-electron chi connectivity index (χ1n) is 9.38. The van der Waals surface area contributed by atoms with Gasteiger partial charge in [0.1, 0.15) is 0 Å². The van der Waals surface area contributed by atoms with E-state index in [9.17, 15) is 14.4 Å². The lowest BCUT2D eigenvalue weighted by molar-refractivity contribution is -0.140. The fourth-order valence-corrected chi connectivity index (χ4v) is 4.03. The van der Waals surface area contributed by atoms with E-state index >= 15 is 0 Å². The van der Waals surface area contributed by atoms with Crippen LogP contribution in [0.3, 0.4) is 0 Å². The summed E-state index contributed by atoms with van der Waals surface area (Å²) in [6, 6.07) is 14.1. The van der Waals surface area contributed by atoms with E-state index in [2.05, 4.69) is 5.32 Å². The van der Waals surface area contributed by atoms with Crippen LogP contribution in [0.15, 0.2) is 54.6 Å². The van der Waals surface area contributed by atoms with E-state index in [0.717, 1.165) is 16.3 Å². The molecule has 0 saturated carbocycles. The lowest BCUT2D eigenvalue weighted by atomic mass is 9.85. The van der Waals surface area contributed by atoms with Crippen LogP contribution in [-0.2, 0) is 20.9 Å². The molecule has 2 aromatic rings. The quantitative estimate of drug-likeness (QED) is 0.657. The molecule has 3 amide bonds. The van der Waals surface area contributed by atoms with E-state index in [4.69, 9.17) is 0 Å². The molecule has 1 aliphatic carbocycles. The molecule has 0 spiro atoms. The van der Waals surface area contributed by atoms with Gasteiger partial charge in [-0.3, -0.25) is 19.3 Å². The van der Waals surface area contributed by atoms with Crippen molar-refractivity contribution >= 4 is 28.5 Å². The highest BCUT2D eigenvalue weighted by molar-refractivity contribution is 6.05. The minimum Gasteiger partial charge on any atom is -0.352 e. The van der Waals surface area contributed by atoms with Gasteiger partial charge in [0.25, 0.3) is 0 Å². The number of hydrogen-bond acceptors (Lipinski definition) is 3. The lowest BCUT2D eigenvalue weighted by Gasteiger charge is -2.14. The number of benzene rings is 2. The Morgan fingerprint density at radius 1 is 0.963 bits per heavy atom. The Morgan fingerprint density at radius 2 is 1.63 bits per heavy atom. The van der Waals surface area contributed by atoms with Crippen LogP contribution >= 0.6 is 0 Å². The van der Waals surface area contributed by atoms with Gasteiger partial charge in [0.05, 0.1) is 11.8 Å². The van der Waals surface area contributed by atoms with E-state index in [1.807, 2.05) is 54.6 Å². The topological polar surface area (TPSA) is 66.5 Å². The number of amides is 3. The van der Waals surface area contributed by atoms with Gasteiger partial charge in [-0.05, 0) is 29.2 Å². The number of carbonyl (C=O) groups is 3. The molecule has 5 nitrogen and oxygen atoms in total. The zero-order valence-electron chi connectivity index (χ0n) is 15.1. The van der Waals surface area contributed by atoms with Crippen molar-refractivity contribution in [2.45, 2.75) is 25.8 Å². The molecule has 0 radical (unpaired) electrons. The summed E-state index contributed by atoms with van der Waals surface area (Å²) in [5.74, 6) is -0.883. The molecule has 0 aromatic heterocycles. The predicted octanol–water partition coefficient (Wildman–Crippen LogP) is 2.80. The molecule has 0 unspecified atom stereocenters. The minimum absolute atomic E-state index is 0.129. The molecule has 2 aliphatic rings. The summed E-state index contributed by atoms with van der Waals surface area (Å²) < 4.78 is 0. The van der Waals surface area contributed by atoms with Crippen LogP contribution < -0.4 is 5.32 Å². The van der Waals surface area contributed by atoms with Crippen molar-refractivity contribution in [3.63, 3.8) is 0 Å². The van der Waals surface area contributed by atoms with Crippen LogP contribution in [-0.4, -0.2) is 29.2 Å². The van der Waals surface area contributed by atoms with Gasteiger partial charge in [0.2, 0.25) is 17.7 Å². The normalized spacial score (nSPS) is 21.6. The third kappa shape index (κ3) is 3.37. The van der Waals surface area contributed by atoms with Crippen LogP contribution in [0.1, 0.15) is 24.8 Å². The zero-order chi connectivity index (χ0) is 18.8. The number of rotatable bonds is 5. The summed E-state index contributed by atoms with van der Waals surface area (Å²) in [5.41, 5.74) is 1.05. The molecule has 1 aliphatic heterocycles. The monoisotopic (exact) mass is 362 g/mol. The maximum atomic E-state index is 12.4. The summed E-state index contributed by atoms with van der Waals surface area (Å²) in [7, 11) is 0. The standard InChI is InChI=1S/C22H22N2O3/c25-20(23-14-16-8-5-7-15-6-1-2-9-17(15)16)12-13-24-21(26)18-10-3-4-11-19(18)22(24)27/h1-9,18-19H,10-14H2,(H,23,25)/t18-,19+. The molecule has 4 rings (SSSR count). The first kappa shape index (κ1) is 17.5. The molecule has 27 heavy (non-hydrogen) atoms. The molecule has 1 saturated heterocycles. The van der Waals surface area contributed by atoms with Crippen molar-refractivity contribution in [2.24, 2.45) is 11.8 Å². The van der Waals surface area contributed by atoms with Crippen LogP contribution in [0.5, 0.6) is 0 Å². The number of imide groups is 1. The summed E-state index contributed by atoms with van der Waals surface area (Å²) in [6.07, 6.45) is 5.31. The van der Waals surface area contributed by atoms with Crippen molar-refractivity contribution in [1.29, 1.82) is 0 Å². The highest BCUT2D eigenvalue weighted by Gasteiger charge is 2.46. The number of fused-ring (bicyclic) bond motifs is 2. The van der Waals surface area contributed by atoms with Crippen molar-refractivity contribution in [3.8, 4) is 0 Å².